The van der Waals surface area contributed by atoms with Crippen LogP contribution in [0.15, 0.2) is 18.2 Å². The SMILES string of the molecule is CNC(Cc1cc(C)ccc1OC)C1CCC(C)CC1. The maximum Gasteiger partial charge on any atom is 0.122 e. The zero-order valence-electron chi connectivity index (χ0n) is 13.4. The molecule has 1 fully saturated rings. The van der Waals surface area contributed by atoms with Crippen molar-refractivity contribution < 1.29 is 4.74 Å². The van der Waals surface area contributed by atoms with Crippen LogP contribution in [-0.2, 0) is 6.42 Å². The van der Waals surface area contributed by atoms with Crippen molar-refractivity contribution in [2.24, 2.45) is 11.8 Å². The molecule has 1 unspecified atom stereocenters. The Morgan fingerprint density at radius 3 is 2.55 bits per heavy atom. The lowest BCUT2D eigenvalue weighted by molar-refractivity contribution is 0.234. The minimum atomic E-state index is 0.568. The number of hydrogen-bond acceptors (Lipinski definition) is 2. The first kappa shape index (κ1) is 15.4. The van der Waals surface area contributed by atoms with Crippen LogP contribution >= 0.6 is 0 Å². The minimum absolute atomic E-state index is 0.568. The lowest BCUT2D eigenvalue weighted by Gasteiger charge is -2.33. The number of likely N-dealkylation sites (N-methyl/N-ethyl adjacent to an activating group) is 1. The predicted molar refractivity (Wildman–Crippen MR) is 85.4 cm³/mol. The number of benzene rings is 1. The summed E-state index contributed by atoms with van der Waals surface area (Å²) < 4.78 is 5.52. The van der Waals surface area contributed by atoms with E-state index in [0.717, 1.165) is 24.0 Å². The molecule has 1 aliphatic carbocycles. The fraction of sp³-hybridized carbons (Fsp3) is 0.667. The van der Waals surface area contributed by atoms with Gasteiger partial charge in [-0.05, 0) is 56.7 Å². The van der Waals surface area contributed by atoms with Gasteiger partial charge in [0, 0.05) is 6.04 Å². The van der Waals surface area contributed by atoms with Crippen molar-refractivity contribution >= 4 is 0 Å². The highest BCUT2D eigenvalue weighted by Gasteiger charge is 2.25. The van der Waals surface area contributed by atoms with Crippen LogP contribution in [0.3, 0.4) is 0 Å². The minimum Gasteiger partial charge on any atom is -0.496 e. The van der Waals surface area contributed by atoms with Crippen molar-refractivity contribution in [2.75, 3.05) is 14.2 Å². The van der Waals surface area contributed by atoms with E-state index in [-0.39, 0.29) is 0 Å². The van der Waals surface area contributed by atoms with Gasteiger partial charge in [0.25, 0.3) is 0 Å². The molecular weight excluding hydrogens is 246 g/mol. The Bertz CT molecular complexity index is 421. The van der Waals surface area contributed by atoms with Crippen LogP contribution in [0, 0.1) is 18.8 Å². The molecule has 1 aromatic carbocycles. The highest BCUT2D eigenvalue weighted by Crippen LogP contribution is 2.32. The quantitative estimate of drug-likeness (QED) is 0.878. The molecular formula is C18H29NO. The molecule has 2 heteroatoms. The molecule has 1 saturated carbocycles. The van der Waals surface area contributed by atoms with Gasteiger partial charge < -0.3 is 10.1 Å². The van der Waals surface area contributed by atoms with Crippen LogP contribution in [-0.4, -0.2) is 20.2 Å². The Morgan fingerprint density at radius 1 is 1.25 bits per heavy atom. The van der Waals surface area contributed by atoms with Crippen molar-refractivity contribution in [3.63, 3.8) is 0 Å². The van der Waals surface area contributed by atoms with E-state index in [9.17, 15) is 0 Å². The monoisotopic (exact) mass is 275 g/mol. The molecule has 1 N–H and O–H groups in total. The molecule has 0 bridgehead atoms. The van der Waals surface area contributed by atoms with Gasteiger partial charge >= 0.3 is 0 Å². The van der Waals surface area contributed by atoms with E-state index in [1.165, 1.54) is 36.8 Å². The van der Waals surface area contributed by atoms with E-state index in [2.05, 4.69) is 44.4 Å². The molecule has 0 saturated heterocycles. The summed E-state index contributed by atoms with van der Waals surface area (Å²) in [4.78, 5) is 0. The molecule has 0 aliphatic heterocycles. The standard InChI is InChI=1S/C18H29NO/c1-13-5-8-15(9-6-13)17(19-3)12-16-11-14(2)7-10-18(16)20-4/h7,10-11,13,15,17,19H,5-6,8-9,12H2,1-4H3. The largest absolute Gasteiger partial charge is 0.496 e. The highest BCUT2D eigenvalue weighted by atomic mass is 16.5. The Hall–Kier alpha value is -1.02. The zero-order chi connectivity index (χ0) is 14.5. The molecule has 2 rings (SSSR count). The maximum atomic E-state index is 5.52. The van der Waals surface area contributed by atoms with Gasteiger partial charge in [-0.2, -0.15) is 0 Å². The highest BCUT2D eigenvalue weighted by molar-refractivity contribution is 5.37. The van der Waals surface area contributed by atoms with Crippen molar-refractivity contribution in [3.8, 4) is 5.75 Å². The first-order valence-electron chi connectivity index (χ1n) is 7.94. The molecule has 0 radical (unpaired) electrons. The summed E-state index contributed by atoms with van der Waals surface area (Å²) >= 11 is 0. The number of nitrogens with one attached hydrogen (secondary N) is 1. The summed E-state index contributed by atoms with van der Waals surface area (Å²) in [6, 6.07) is 7.06. The molecule has 1 aromatic rings. The van der Waals surface area contributed by atoms with E-state index in [4.69, 9.17) is 4.74 Å². The molecule has 0 heterocycles. The van der Waals surface area contributed by atoms with Crippen molar-refractivity contribution in [1.82, 2.24) is 5.32 Å². The summed E-state index contributed by atoms with van der Waals surface area (Å²) in [6.07, 6.45) is 6.56. The van der Waals surface area contributed by atoms with Crippen LogP contribution in [0.4, 0.5) is 0 Å². The summed E-state index contributed by atoms with van der Waals surface area (Å²) in [6.45, 7) is 4.54. The third-order valence-electron chi connectivity index (χ3n) is 4.88. The summed E-state index contributed by atoms with van der Waals surface area (Å²) in [5, 5.41) is 3.55. The van der Waals surface area contributed by atoms with Crippen LogP contribution in [0.25, 0.3) is 0 Å². The van der Waals surface area contributed by atoms with Gasteiger partial charge in [0.1, 0.15) is 5.75 Å². The van der Waals surface area contributed by atoms with Gasteiger partial charge in [0.15, 0.2) is 0 Å². The predicted octanol–water partition coefficient (Wildman–Crippen LogP) is 3.96. The van der Waals surface area contributed by atoms with Crippen LogP contribution in [0.1, 0.15) is 43.7 Å². The normalized spacial score (nSPS) is 24.4. The fourth-order valence-electron chi connectivity index (χ4n) is 3.50. The van der Waals surface area contributed by atoms with E-state index in [0.29, 0.717) is 6.04 Å². The number of methoxy groups -OCH3 is 1. The molecule has 2 nitrogen and oxygen atoms in total. The average molecular weight is 275 g/mol. The summed E-state index contributed by atoms with van der Waals surface area (Å²) in [5.74, 6) is 2.75. The first-order valence-corrected chi connectivity index (χ1v) is 7.94. The van der Waals surface area contributed by atoms with Crippen molar-refractivity contribution in [3.05, 3.63) is 29.3 Å². The Labute approximate surface area is 123 Å². The van der Waals surface area contributed by atoms with E-state index < -0.39 is 0 Å². The van der Waals surface area contributed by atoms with Gasteiger partial charge in [-0.1, -0.05) is 37.5 Å². The van der Waals surface area contributed by atoms with Crippen LogP contribution in [0.2, 0.25) is 0 Å². The molecule has 0 spiro atoms. The molecule has 0 aromatic heterocycles. The lowest BCUT2D eigenvalue weighted by atomic mass is 9.77. The Kier molecular flexibility index (Phi) is 5.47. The molecule has 20 heavy (non-hydrogen) atoms. The third kappa shape index (κ3) is 3.76. The molecule has 1 atom stereocenters. The van der Waals surface area contributed by atoms with E-state index >= 15 is 0 Å². The van der Waals surface area contributed by atoms with Crippen molar-refractivity contribution in [1.29, 1.82) is 0 Å². The molecule has 1 aliphatic rings. The number of rotatable bonds is 5. The van der Waals surface area contributed by atoms with Gasteiger partial charge in [0.2, 0.25) is 0 Å². The van der Waals surface area contributed by atoms with Crippen LogP contribution in [0.5, 0.6) is 5.75 Å². The second-order valence-electron chi connectivity index (χ2n) is 6.43. The van der Waals surface area contributed by atoms with Gasteiger partial charge in [0.05, 0.1) is 7.11 Å². The topological polar surface area (TPSA) is 21.3 Å². The Morgan fingerprint density at radius 2 is 1.95 bits per heavy atom. The summed E-state index contributed by atoms with van der Waals surface area (Å²) in [5.41, 5.74) is 2.65. The molecule has 0 amide bonds. The van der Waals surface area contributed by atoms with Gasteiger partial charge in [-0.3, -0.25) is 0 Å². The molecule has 112 valence electrons. The number of aryl methyl sites for hydroxylation is 1. The van der Waals surface area contributed by atoms with E-state index in [1.807, 2.05) is 0 Å². The second kappa shape index (κ2) is 7.12. The lowest BCUT2D eigenvalue weighted by Crippen LogP contribution is -2.37. The average Bonchev–Trinajstić information content (AvgIpc) is 2.46. The summed E-state index contributed by atoms with van der Waals surface area (Å²) in [7, 11) is 3.87. The maximum absolute atomic E-state index is 5.52. The van der Waals surface area contributed by atoms with E-state index in [1.54, 1.807) is 7.11 Å². The van der Waals surface area contributed by atoms with Gasteiger partial charge in [-0.15, -0.1) is 0 Å². The zero-order valence-corrected chi connectivity index (χ0v) is 13.4. The van der Waals surface area contributed by atoms with Gasteiger partial charge in [-0.25, -0.2) is 0 Å². The smallest absolute Gasteiger partial charge is 0.122 e. The third-order valence-corrected chi connectivity index (χ3v) is 4.88. The second-order valence-corrected chi connectivity index (χ2v) is 6.43. The van der Waals surface area contributed by atoms with Crippen molar-refractivity contribution in [2.45, 2.75) is 52.0 Å². The van der Waals surface area contributed by atoms with Crippen LogP contribution < -0.4 is 10.1 Å². The fourth-order valence-corrected chi connectivity index (χ4v) is 3.50. The number of hydrogen-bond donors (Lipinski definition) is 1. The Balaban J connectivity index is 2.08. The first-order chi connectivity index (χ1) is 9.63. The number of ether oxygens (including phenoxy) is 1.